The Bertz CT molecular complexity index is 1230. The van der Waals surface area contributed by atoms with Gasteiger partial charge in [-0.2, -0.15) is 0 Å². The summed E-state index contributed by atoms with van der Waals surface area (Å²) in [7, 11) is 1.61. The van der Waals surface area contributed by atoms with Crippen molar-refractivity contribution >= 4 is 22.6 Å². The fourth-order valence-corrected chi connectivity index (χ4v) is 3.26. The zero-order chi connectivity index (χ0) is 20.4. The number of carbonyl (C=O) groups is 1. The molecule has 0 aliphatic carbocycles. The van der Waals surface area contributed by atoms with Crippen molar-refractivity contribution in [2.75, 3.05) is 12.4 Å². The molecule has 0 aliphatic heterocycles. The van der Waals surface area contributed by atoms with Gasteiger partial charge in [0, 0.05) is 46.9 Å². The third kappa shape index (κ3) is 3.60. The van der Waals surface area contributed by atoms with Crippen LogP contribution in [0.2, 0.25) is 0 Å². The number of hydrogen-bond donors (Lipinski definition) is 2. The molecule has 1 amide bonds. The van der Waals surface area contributed by atoms with Crippen molar-refractivity contribution in [2.45, 2.75) is 6.92 Å². The Morgan fingerprint density at radius 1 is 1.14 bits per heavy atom. The predicted octanol–water partition coefficient (Wildman–Crippen LogP) is 4.73. The van der Waals surface area contributed by atoms with Crippen LogP contribution in [0.4, 0.5) is 5.69 Å². The number of nitrogens with one attached hydrogen (secondary N) is 2. The lowest BCUT2D eigenvalue weighted by Gasteiger charge is -2.08. The Kier molecular flexibility index (Phi) is 4.83. The number of aryl methyl sites for hydroxylation is 1. The number of methoxy groups -OCH3 is 1. The van der Waals surface area contributed by atoms with Gasteiger partial charge in [0.2, 0.25) is 11.8 Å². The van der Waals surface area contributed by atoms with Crippen molar-refractivity contribution in [3.05, 3.63) is 73.2 Å². The van der Waals surface area contributed by atoms with Gasteiger partial charge in [-0.05, 0) is 47.9 Å². The van der Waals surface area contributed by atoms with Crippen LogP contribution in [0.1, 0.15) is 5.56 Å². The van der Waals surface area contributed by atoms with Gasteiger partial charge < -0.3 is 15.0 Å². The van der Waals surface area contributed by atoms with E-state index in [4.69, 9.17) is 4.74 Å². The molecule has 4 rings (SSSR count). The van der Waals surface area contributed by atoms with Gasteiger partial charge in [-0.25, -0.2) is 9.97 Å². The van der Waals surface area contributed by atoms with Crippen molar-refractivity contribution in [2.24, 2.45) is 0 Å². The van der Waals surface area contributed by atoms with E-state index in [1.165, 1.54) is 6.08 Å². The van der Waals surface area contributed by atoms with E-state index in [-0.39, 0.29) is 5.91 Å². The molecule has 0 unspecified atom stereocenters. The van der Waals surface area contributed by atoms with Gasteiger partial charge in [0.25, 0.3) is 0 Å². The number of nitrogens with zero attached hydrogens (tertiary/aromatic N) is 2. The molecule has 144 valence electrons. The number of benzene rings is 1. The fourth-order valence-electron chi connectivity index (χ4n) is 3.26. The molecule has 6 heteroatoms. The highest BCUT2D eigenvalue weighted by Crippen LogP contribution is 2.34. The summed E-state index contributed by atoms with van der Waals surface area (Å²) >= 11 is 0. The molecule has 0 spiro atoms. The molecule has 4 aromatic rings. The Morgan fingerprint density at radius 3 is 2.79 bits per heavy atom. The number of rotatable bonds is 5. The Balaban J connectivity index is 1.80. The lowest BCUT2D eigenvalue weighted by molar-refractivity contribution is -0.111. The van der Waals surface area contributed by atoms with Crippen LogP contribution < -0.4 is 10.1 Å². The third-order valence-corrected chi connectivity index (χ3v) is 4.76. The summed E-state index contributed by atoms with van der Waals surface area (Å²) in [6.45, 7) is 5.50. The number of H-pyrrole nitrogens is 1. The van der Waals surface area contributed by atoms with Crippen LogP contribution >= 0.6 is 0 Å². The number of aromatic amines is 1. The molecule has 6 nitrogen and oxygen atoms in total. The van der Waals surface area contributed by atoms with Crippen molar-refractivity contribution in [1.29, 1.82) is 0 Å². The summed E-state index contributed by atoms with van der Waals surface area (Å²) in [5, 5.41) is 3.79. The largest absolute Gasteiger partial charge is 0.481 e. The smallest absolute Gasteiger partial charge is 0.247 e. The second-order valence-corrected chi connectivity index (χ2v) is 6.64. The average Bonchev–Trinajstić information content (AvgIpc) is 3.17. The predicted molar refractivity (Wildman–Crippen MR) is 115 cm³/mol. The number of aromatic nitrogens is 3. The summed E-state index contributed by atoms with van der Waals surface area (Å²) in [5.74, 6) is 0.320. The summed E-state index contributed by atoms with van der Waals surface area (Å²) < 4.78 is 5.29. The van der Waals surface area contributed by atoms with E-state index in [0.717, 1.165) is 38.9 Å². The number of hydrogen-bond acceptors (Lipinski definition) is 4. The normalized spacial score (nSPS) is 10.7. The number of fused-ring (bicyclic) bond motifs is 1. The van der Waals surface area contributed by atoms with Gasteiger partial charge in [-0.15, -0.1) is 0 Å². The van der Waals surface area contributed by atoms with Crippen LogP contribution in [-0.2, 0) is 4.79 Å². The average molecular weight is 384 g/mol. The van der Waals surface area contributed by atoms with Gasteiger partial charge in [-0.1, -0.05) is 18.7 Å². The quantitative estimate of drug-likeness (QED) is 0.487. The standard InChI is InChI=1S/C23H20N4O2/c1-4-21(28)27-17-7-5-6-15(8-17)16-9-19-20(13-26-23(19)25-12-16)18-10-22(29-3)24-11-14(18)2/h4-13H,1H2,2-3H3,(H,25,26)(H,27,28). The molecule has 0 fully saturated rings. The fraction of sp³-hybridized carbons (Fsp3) is 0.0870. The maximum absolute atomic E-state index is 11.6. The number of anilines is 1. The third-order valence-electron chi connectivity index (χ3n) is 4.76. The van der Waals surface area contributed by atoms with Gasteiger partial charge in [0.1, 0.15) is 5.65 Å². The minimum atomic E-state index is -0.245. The van der Waals surface area contributed by atoms with Gasteiger partial charge in [0.15, 0.2) is 0 Å². The van der Waals surface area contributed by atoms with E-state index >= 15 is 0 Å². The van der Waals surface area contributed by atoms with E-state index in [9.17, 15) is 4.79 Å². The van der Waals surface area contributed by atoms with Crippen LogP contribution in [-0.4, -0.2) is 28.0 Å². The zero-order valence-corrected chi connectivity index (χ0v) is 16.2. The Morgan fingerprint density at radius 2 is 2.00 bits per heavy atom. The van der Waals surface area contributed by atoms with Crippen molar-refractivity contribution < 1.29 is 9.53 Å². The first kappa shape index (κ1) is 18.4. The monoisotopic (exact) mass is 384 g/mol. The number of pyridine rings is 2. The maximum Gasteiger partial charge on any atom is 0.247 e. The molecule has 0 saturated carbocycles. The summed E-state index contributed by atoms with van der Waals surface area (Å²) in [5.41, 5.74) is 6.53. The van der Waals surface area contributed by atoms with Crippen LogP contribution in [0.15, 0.2) is 67.6 Å². The molecular weight excluding hydrogens is 364 g/mol. The van der Waals surface area contributed by atoms with Crippen LogP contribution in [0.25, 0.3) is 33.3 Å². The second-order valence-electron chi connectivity index (χ2n) is 6.64. The highest BCUT2D eigenvalue weighted by Gasteiger charge is 2.13. The van der Waals surface area contributed by atoms with E-state index in [1.54, 1.807) is 13.3 Å². The summed E-state index contributed by atoms with van der Waals surface area (Å²) in [4.78, 5) is 23.7. The van der Waals surface area contributed by atoms with Crippen LogP contribution in [0.5, 0.6) is 5.88 Å². The van der Waals surface area contributed by atoms with Crippen molar-refractivity contribution in [3.63, 3.8) is 0 Å². The Hall–Kier alpha value is -3.93. The van der Waals surface area contributed by atoms with Crippen molar-refractivity contribution in [3.8, 4) is 28.1 Å². The first-order valence-electron chi connectivity index (χ1n) is 9.11. The molecule has 2 N–H and O–H groups in total. The Labute approximate surface area is 168 Å². The molecule has 0 atom stereocenters. The minimum Gasteiger partial charge on any atom is -0.481 e. The highest BCUT2D eigenvalue weighted by molar-refractivity contribution is 6.00. The number of carbonyl (C=O) groups excluding carboxylic acids is 1. The number of ether oxygens (including phenoxy) is 1. The van der Waals surface area contributed by atoms with Crippen LogP contribution in [0.3, 0.4) is 0 Å². The topological polar surface area (TPSA) is 79.9 Å². The molecule has 1 aromatic carbocycles. The summed E-state index contributed by atoms with van der Waals surface area (Å²) in [6, 6.07) is 11.7. The van der Waals surface area contributed by atoms with E-state index < -0.39 is 0 Å². The maximum atomic E-state index is 11.6. The first-order chi connectivity index (χ1) is 14.1. The SMILES string of the molecule is C=CC(=O)Nc1cccc(-c2cnc3[nH]cc(-c4cc(OC)ncc4C)c3c2)c1. The molecule has 0 aliphatic rings. The molecule has 3 aromatic heterocycles. The van der Waals surface area contributed by atoms with Gasteiger partial charge >= 0.3 is 0 Å². The van der Waals surface area contributed by atoms with E-state index in [0.29, 0.717) is 11.6 Å². The van der Waals surface area contributed by atoms with Crippen molar-refractivity contribution in [1.82, 2.24) is 15.0 Å². The molecular formula is C23H20N4O2. The van der Waals surface area contributed by atoms with Gasteiger partial charge in [-0.3, -0.25) is 4.79 Å². The molecule has 0 bridgehead atoms. The highest BCUT2D eigenvalue weighted by atomic mass is 16.5. The molecule has 29 heavy (non-hydrogen) atoms. The lowest BCUT2D eigenvalue weighted by Crippen LogP contribution is -2.06. The van der Waals surface area contributed by atoms with Gasteiger partial charge in [0.05, 0.1) is 7.11 Å². The lowest BCUT2D eigenvalue weighted by atomic mass is 10.00. The van der Waals surface area contributed by atoms with E-state index in [1.807, 2.05) is 49.6 Å². The number of amides is 1. The summed E-state index contributed by atoms with van der Waals surface area (Å²) in [6.07, 6.45) is 6.81. The first-order valence-corrected chi connectivity index (χ1v) is 9.11. The molecule has 0 saturated heterocycles. The zero-order valence-electron chi connectivity index (χ0n) is 16.2. The minimum absolute atomic E-state index is 0.245. The van der Waals surface area contributed by atoms with E-state index in [2.05, 4.69) is 32.9 Å². The molecule has 0 radical (unpaired) electrons. The van der Waals surface area contributed by atoms with Crippen LogP contribution in [0, 0.1) is 6.92 Å². The second kappa shape index (κ2) is 7.59. The molecule has 3 heterocycles.